The van der Waals surface area contributed by atoms with E-state index in [0.29, 0.717) is 23.9 Å². The van der Waals surface area contributed by atoms with Crippen molar-refractivity contribution in [1.82, 2.24) is 15.1 Å². The quantitative estimate of drug-likeness (QED) is 0.337. The smallest absolute Gasteiger partial charge is 0.416 e. The van der Waals surface area contributed by atoms with Crippen molar-refractivity contribution in [3.05, 3.63) is 100 Å². The third-order valence-corrected chi connectivity index (χ3v) is 6.06. The van der Waals surface area contributed by atoms with E-state index in [4.69, 9.17) is 5.11 Å². The van der Waals surface area contributed by atoms with Crippen LogP contribution in [-0.2, 0) is 19.1 Å². The van der Waals surface area contributed by atoms with Gasteiger partial charge in [0.2, 0.25) is 0 Å². The molecule has 4 rings (SSSR count). The number of carboxylic acid groups (broad SMARTS) is 1. The Balaban J connectivity index is 1.65. The fourth-order valence-electron chi connectivity index (χ4n) is 4.14. The number of amides is 1. The molecule has 9 heteroatoms. The van der Waals surface area contributed by atoms with Crippen LogP contribution in [-0.4, -0.2) is 26.8 Å². The Labute approximate surface area is 205 Å². The van der Waals surface area contributed by atoms with Crippen molar-refractivity contribution in [1.29, 1.82) is 0 Å². The molecular weight excluding hydrogens is 471 g/mol. The van der Waals surface area contributed by atoms with E-state index in [1.165, 1.54) is 24.3 Å². The van der Waals surface area contributed by atoms with Gasteiger partial charge in [0.1, 0.15) is 0 Å². The average molecular weight is 496 g/mol. The van der Waals surface area contributed by atoms with E-state index in [0.717, 1.165) is 28.8 Å². The average Bonchev–Trinajstić information content (AvgIpc) is 3.24. The summed E-state index contributed by atoms with van der Waals surface area (Å²) < 4.78 is 40.5. The topological polar surface area (TPSA) is 84.2 Å². The van der Waals surface area contributed by atoms with Crippen molar-refractivity contribution in [3.8, 4) is 0 Å². The molecule has 186 valence electrons. The Morgan fingerprint density at radius 1 is 1.03 bits per heavy atom. The normalized spacial score (nSPS) is 12.5. The number of benzene rings is 3. The largest absolute Gasteiger partial charge is 0.478 e. The van der Waals surface area contributed by atoms with Crippen LogP contribution in [0.5, 0.6) is 0 Å². The van der Waals surface area contributed by atoms with Gasteiger partial charge in [-0.2, -0.15) is 18.3 Å². The molecule has 0 fully saturated rings. The Morgan fingerprint density at radius 3 is 2.28 bits per heavy atom. The summed E-state index contributed by atoms with van der Waals surface area (Å²) in [7, 11) is 0. The van der Waals surface area contributed by atoms with Gasteiger partial charge in [-0.05, 0) is 67.3 Å². The lowest BCUT2D eigenvalue weighted by molar-refractivity contribution is -0.137. The molecule has 1 aromatic heterocycles. The van der Waals surface area contributed by atoms with E-state index in [2.05, 4.69) is 10.4 Å². The van der Waals surface area contributed by atoms with Gasteiger partial charge in [0.25, 0.3) is 5.91 Å². The molecule has 2 N–H and O–H groups in total. The van der Waals surface area contributed by atoms with Crippen LogP contribution in [0.25, 0.3) is 10.9 Å². The molecule has 0 saturated heterocycles. The number of carbonyl (C=O) groups excluding carboxylic acids is 1. The number of aryl methyl sites for hydroxylation is 1. The first-order valence-electron chi connectivity index (χ1n) is 11.4. The van der Waals surface area contributed by atoms with Crippen LogP contribution in [0.15, 0.2) is 66.7 Å². The third kappa shape index (κ3) is 5.10. The number of aromatic nitrogens is 2. The molecule has 0 aliphatic carbocycles. The molecule has 1 atom stereocenters. The van der Waals surface area contributed by atoms with Crippen molar-refractivity contribution in [2.45, 2.75) is 39.0 Å². The molecule has 0 radical (unpaired) electrons. The van der Waals surface area contributed by atoms with Crippen LogP contribution in [0.1, 0.15) is 63.0 Å². The number of carbonyl (C=O) groups is 2. The lowest BCUT2D eigenvalue weighted by Crippen LogP contribution is -2.27. The molecule has 6 nitrogen and oxygen atoms in total. The highest BCUT2D eigenvalue weighted by Gasteiger charge is 2.30. The second-order valence-corrected chi connectivity index (χ2v) is 8.47. The van der Waals surface area contributed by atoms with Gasteiger partial charge in [-0.3, -0.25) is 9.48 Å². The number of nitrogens with one attached hydrogen (secondary N) is 1. The molecule has 1 heterocycles. The first-order valence-corrected chi connectivity index (χ1v) is 11.4. The summed E-state index contributed by atoms with van der Waals surface area (Å²) in [4.78, 5) is 24.4. The van der Waals surface area contributed by atoms with E-state index in [9.17, 15) is 22.8 Å². The maximum Gasteiger partial charge on any atom is 0.416 e. The van der Waals surface area contributed by atoms with Crippen LogP contribution < -0.4 is 5.32 Å². The summed E-state index contributed by atoms with van der Waals surface area (Å²) in [5, 5.41) is 17.2. The van der Waals surface area contributed by atoms with Crippen LogP contribution in [0.3, 0.4) is 0 Å². The van der Waals surface area contributed by atoms with Crippen molar-refractivity contribution in [2.75, 3.05) is 0 Å². The Kier molecular flexibility index (Phi) is 6.83. The third-order valence-electron chi connectivity index (χ3n) is 6.06. The van der Waals surface area contributed by atoms with Gasteiger partial charge in [0, 0.05) is 11.9 Å². The van der Waals surface area contributed by atoms with Crippen LogP contribution in [0, 0.1) is 0 Å². The summed E-state index contributed by atoms with van der Waals surface area (Å²) in [6, 6.07) is 16.3. The van der Waals surface area contributed by atoms with Gasteiger partial charge in [-0.1, -0.05) is 36.4 Å². The van der Waals surface area contributed by atoms with E-state index in [1.54, 1.807) is 23.7 Å². The number of halogens is 3. The summed E-state index contributed by atoms with van der Waals surface area (Å²) in [5.41, 5.74) is 2.60. The number of hydrogen-bond acceptors (Lipinski definition) is 3. The number of aromatic carboxylic acids is 1. The van der Waals surface area contributed by atoms with Crippen LogP contribution in [0.2, 0.25) is 0 Å². The Bertz CT molecular complexity index is 1410. The molecular formula is C27H24F3N3O3. The van der Waals surface area contributed by atoms with Crippen LogP contribution in [0.4, 0.5) is 13.2 Å². The lowest BCUT2D eigenvalue weighted by atomic mass is 9.98. The summed E-state index contributed by atoms with van der Waals surface area (Å²) >= 11 is 0. The number of nitrogens with zero attached hydrogens (tertiary/aromatic N) is 2. The Hall–Kier alpha value is -4.14. The number of hydrogen-bond donors (Lipinski definition) is 2. The SMILES string of the molecule is CCn1nc(C(=O)NC(C)c2ccc(C(=O)O)cc2)c2c(Cc3ccc(C(F)(F)F)cc3)cccc21. The molecule has 3 aromatic carbocycles. The van der Waals surface area contributed by atoms with Gasteiger partial charge in [-0.25, -0.2) is 4.79 Å². The first-order chi connectivity index (χ1) is 17.1. The molecule has 36 heavy (non-hydrogen) atoms. The van der Waals surface area contributed by atoms with Crippen molar-refractivity contribution >= 4 is 22.8 Å². The zero-order valence-corrected chi connectivity index (χ0v) is 19.6. The predicted molar refractivity (Wildman–Crippen MR) is 129 cm³/mol. The highest BCUT2D eigenvalue weighted by Crippen LogP contribution is 2.30. The summed E-state index contributed by atoms with van der Waals surface area (Å²) in [6.45, 7) is 4.22. The maximum absolute atomic E-state index is 13.3. The Morgan fingerprint density at radius 2 is 1.69 bits per heavy atom. The number of alkyl halides is 3. The van der Waals surface area contributed by atoms with Crippen molar-refractivity contribution in [2.24, 2.45) is 0 Å². The van der Waals surface area contributed by atoms with Gasteiger partial charge in [-0.15, -0.1) is 0 Å². The second kappa shape index (κ2) is 9.85. The highest BCUT2D eigenvalue weighted by molar-refractivity contribution is 6.06. The zero-order chi connectivity index (χ0) is 26.0. The first kappa shape index (κ1) is 25.0. The minimum Gasteiger partial charge on any atom is -0.478 e. The fourth-order valence-corrected chi connectivity index (χ4v) is 4.14. The molecule has 0 bridgehead atoms. The van der Waals surface area contributed by atoms with E-state index >= 15 is 0 Å². The molecule has 1 amide bonds. The standard InChI is InChI=1S/C27H24F3N3O3/c1-3-33-22-6-4-5-20(15-17-7-13-21(14-8-17)27(28,29)30)23(22)24(32-33)25(34)31-16(2)18-9-11-19(12-10-18)26(35)36/h4-14,16H,3,15H2,1-2H3,(H,31,34)(H,35,36). The van der Waals surface area contributed by atoms with Crippen molar-refractivity contribution in [3.63, 3.8) is 0 Å². The zero-order valence-electron chi connectivity index (χ0n) is 19.6. The fraction of sp³-hybridized carbons (Fsp3) is 0.222. The van der Waals surface area contributed by atoms with Gasteiger partial charge in [0.05, 0.1) is 22.7 Å². The van der Waals surface area contributed by atoms with E-state index in [-0.39, 0.29) is 11.3 Å². The van der Waals surface area contributed by atoms with E-state index in [1.807, 2.05) is 25.1 Å². The monoisotopic (exact) mass is 495 g/mol. The number of fused-ring (bicyclic) bond motifs is 1. The van der Waals surface area contributed by atoms with E-state index < -0.39 is 29.7 Å². The lowest BCUT2D eigenvalue weighted by Gasteiger charge is -2.14. The van der Waals surface area contributed by atoms with Crippen LogP contribution >= 0.6 is 0 Å². The molecule has 0 aliphatic heterocycles. The maximum atomic E-state index is 13.3. The summed E-state index contributed by atoms with van der Waals surface area (Å²) in [5.74, 6) is -1.43. The molecule has 0 saturated carbocycles. The second-order valence-electron chi connectivity index (χ2n) is 8.47. The predicted octanol–water partition coefficient (Wildman–Crippen LogP) is 5.86. The molecule has 4 aromatic rings. The molecule has 1 unspecified atom stereocenters. The minimum atomic E-state index is -4.41. The number of carboxylic acids is 1. The molecule has 0 aliphatic rings. The highest BCUT2D eigenvalue weighted by atomic mass is 19.4. The number of rotatable bonds is 7. The van der Waals surface area contributed by atoms with Gasteiger partial charge >= 0.3 is 12.1 Å². The van der Waals surface area contributed by atoms with Gasteiger partial charge in [0.15, 0.2) is 5.69 Å². The minimum absolute atomic E-state index is 0.151. The molecule has 0 spiro atoms. The summed E-state index contributed by atoms with van der Waals surface area (Å²) in [6.07, 6.45) is -4.08. The van der Waals surface area contributed by atoms with Gasteiger partial charge < -0.3 is 10.4 Å². The van der Waals surface area contributed by atoms with Crippen molar-refractivity contribution < 1.29 is 27.9 Å².